The molecule has 0 amide bonds. The van der Waals surface area contributed by atoms with Gasteiger partial charge in [0.25, 0.3) is 0 Å². The fraction of sp³-hybridized carbons (Fsp3) is 0.600. The van der Waals surface area contributed by atoms with Gasteiger partial charge in [-0.2, -0.15) is 0 Å². The number of rotatable bonds is 1. The molecule has 0 bridgehead atoms. The lowest BCUT2D eigenvalue weighted by Crippen LogP contribution is -2.19. The molecule has 82 valence electrons. The predicted octanol–water partition coefficient (Wildman–Crippen LogP) is 4.50. The second-order valence-electron chi connectivity index (χ2n) is 5.33. The molecule has 0 nitrogen and oxygen atoms in total. The van der Waals surface area contributed by atoms with E-state index in [1.54, 1.807) is 0 Å². The maximum atomic E-state index is 4.27. The summed E-state index contributed by atoms with van der Waals surface area (Å²) in [6, 6.07) is 0. The molecule has 0 radical (unpaired) electrons. The molecule has 0 N–H and O–H groups in total. The van der Waals surface area contributed by atoms with Gasteiger partial charge in [-0.05, 0) is 56.8 Å². The van der Waals surface area contributed by atoms with Gasteiger partial charge in [-0.25, -0.2) is 0 Å². The van der Waals surface area contributed by atoms with Crippen molar-refractivity contribution in [1.29, 1.82) is 0 Å². The maximum Gasteiger partial charge on any atom is -0.00749 e. The molecule has 0 heterocycles. The molecule has 2 aliphatic rings. The molecule has 2 rings (SSSR count). The lowest BCUT2D eigenvalue weighted by Gasteiger charge is -2.28. The van der Waals surface area contributed by atoms with Crippen LogP contribution in [0, 0.1) is 17.8 Å². The van der Waals surface area contributed by atoms with Crippen molar-refractivity contribution >= 4 is 0 Å². The SMILES string of the molecule is C=C1CC[C@H]2C(=C)CCC[C@H](C(=C)C)[C@@H]12. The molecule has 3 atom stereocenters. The van der Waals surface area contributed by atoms with E-state index in [-0.39, 0.29) is 0 Å². The average Bonchev–Trinajstić information content (AvgIpc) is 2.45. The van der Waals surface area contributed by atoms with Crippen LogP contribution in [0.2, 0.25) is 0 Å². The first-order valence-corrected chi connectivity index (χ1v) is 6.12. The summed E-state index contributed by atoms with van der Waals surface area (Å²) in [6.07, 6.45) is 6.29. The topological polar surface area (TPSA) is 0 Å². The third-order valence-corrected chi connectivity index (χ3v) is 4.29. The maximum absolute atomic E-state index is 4.27. The van der Waals surface area contributed by atoms with Gasteiger partial charge in [0, 0.05) is 0 Å². The molecule has 0 heteroatoms. The largest absolute Gasteiger partial charge is 0.0998 e. The predicted molar refractivity (Wildman–Crippen MR) is 66.6 cm³/mol. The van der Waals surface area contributed by atoms with Crippen LogP contribution >= 0.6 is 0 Å². The van der Waals surface area contributed by atoms with Crippen molar-refractivity contribution in [2.24, 2.45) is 17.8 Å². The Balaban J connectivity index is 2.30. The average molecular weight is 202 g/mol. The van der Waals surface area contributed by atoms with Crippen LogP contribution in [0.25, 0.3) is 0 Å². The van der Waals surface area contributed by atoms with Crippen molar-refractivity contribution < 1.29 is 0 Å². The molecule has 0 spiro atoms. The Morgan fingerprint density at radius 2 is 1.87 bits per heavy atom. The minimum absolute atomic E-state index is 0.664. The molecule has 2 aliphatic carbocycles. The van der Waals surface area contributed by atoms with Crippen molar-refractivity contribution in [3.63, 3.8) is 0 Å². The summed E-state index contributed by atoms with van der Waals surface area (Å²) in [7, 11) is 0. The van der Waals surface area contributed by atoms with Gasteiger partial charge >= 0.3 is 0 Å². The molecule has 2 fully saturated rings. The summed E-state index contributed by atoms with van der Waals surface area (Å²) in [5.74, 6) is 2.04. The molecule has 0 saturated heterocycles. The van der Waals surface area contributed by atoms with Crippen LogP contribution in [0.5, 0.6) is 0 Å². The van der Waals surface area contributed by atoms with Gasteiger partial charge in [0.1, 0.15) is 0 Å². The first kappa shape index (κ1) is 10.7. The number of hydrogen-bond acceptors (Lipinski definition) is 0. The molecule has 15 heavy (non-hydrogen) atoms. The van der Waals surface area contributed by atoms with Crippen LogP contribution in [-0.2, 0) is 0 Å². The van der Waals surface area contributed by atoms with E-state index in [2.05, 4.69) is 26.7 Å². The smallest absolute Gasteiger partial charge is 0.00749 e. The molecule has 0 aliphatic heterocycles. The molecule has 0 aromatic heterocycles. The van der Waals surface area contributed by atoms with Gasteiger partial charge in [0.15, 0.2) is 0 Å². The Hall–Kier alpha value is -0.780. The van der Waals surface area contributed by atoms with Gasteiger partial charge in [-0.3, -0.25) is 0 Å². The molecule has 0 aromatic rings. The summed E-state index contributed by atoms with van der Waals surface area (Å²) in [4.78, 5) is 0. The Kier molecular flexibility index (Phi) is 2.86. The van der Waals surface area contributed by atoms with Crippen molar-refractivity contribution in [3.05, 3.63) is 36.5 Å². The highest BCUT2D eigenvalue weighted by molar-refractivity contribution is 5.24. The van der Waals surface area contributed by atoms with Crippen molar-refractivity contribution in [1.82, 2.24) is 0 Å². The van der Waals surface area contributed by atoms with Crippen LogP contribution < -0.4 is 0 Å². The third kappa shape index (κ3) is 1.82. The summed E-state index contributed by atoms with van der Waals surface area (Å²) >= 11 is 0. The van der Waals surface area contributed by atoms with Gasteiger partial charge < -0.3 is 0 Å². The highest BCUT2D eigenvalue weighted by atomic mass is 14.4. The molecule has 0 unspecified atom stereocenters. The summed E-state index contributed by atoms with van der Waals surface area (Å²) in [5.41, 5.74) is 4.28. The normalized spacial score (nSPS) is 36.2. The quantitative estimate of drug-likeness (QED) is 0.549. The van der Waals surface area contributed by atoms with Crippen LogP contribution in [0.4, 0.5) is 0 Å². The van der Waals surface area contributed by atoms with E-state index >= 15 is 0 Å². The molecule has 0 aromatic carbocycles. The lowest BCUT2D eigenvalue weighted by atomic mass is 9.77. The summed E-state index contributed by atoms with van der Waals surface area (Å²) < 4.78 is 0. The minimum Gasteiger partial charge on any atom is -0.0998 e. The number of allylic oxidation sites excluding steroid dienone is 3. The monoisotopic (exact) mass is 202 g/mol. The van der Waals surface area contributed by atoms with E-state index in [0.717, 1.165) is 0 Å². The number of fused-ring (bicyclic) bond motifs is 1. The van der Waals surface area contributed by atoms with E-state index in [1.165, 1.54) is 48.8 Å². The Morgan fingerprint density at radius 1 is 1.13 bits per heavy atom. The fourth-order valence-electron chi connectivity index (χ4n) is 3.46. The van der Waals surface area contributed by atoms with Gasteiger partial charge in [0.2, 0.25) is 0 Å². The standard InChI is InChI=1S/C15H22/c1-10(2)13-7-5-6-11(3)14-9-8-12(4)15(13)14/h13-15H,1,3-9H2,2H3/t13-,14+,15-/m1/s1. The molecular weight excluding hydrogens is 180 g/mol. The number of hydrogen-bond donors (Lipinski definition) is 0. The second kappa shape index (κ2) is 4.00. The van der Waals surface area contributed by atoms with Gasteiger partial charge in [0.05, 0.1) is 0 Å². The lowest BCUT2D eigenvalue weighted by molar-refractivity contribution is 0.369. The Labute approximate surface area is 93.8 Å². The van der Waals surface area contributed by atoms with E-state index in [4.69, 9.17) is 0 Å². The van der Waals surface area contributed by atoms with Gasteiger partial charge in [-0.1, -0.05) is 36.5 Å². The zero-order chi connectivity index (χ0) is 11.0. The first-order chi connectivity index (χ1) is 7.11. The van der Waals surface area contributed by atoms with E-state index in [0.29, 0.717) is 17.8 Å². The highest BCUT2D eigenvalue weighted by Gasteiger charge is 2.39. The van der Waals surface area contributed by atoms with Crippen LogP contribution in [0.3, 0.4) is 0 Å². The summed E-state index contributed by atoms with van der Waals surface area (Å²) in [6.45, 7) is 14.9. The highest BCUT2D eigenvalue weighted by Crippen LogP contribution is 2.50. The summed E-state index contributed by atoms with van der Waals surface area (Å²) in [5, 5.41) is 0. The van der Waals surface area contributed by atoms with Crippen LogP contribution in [0.1, 0.15) is 39.0 Å². The second-order valence-corrected chi connectivity index (χ2v) is 5.33. The van der Waals surface area contributed by atoms with Crippen molar-refractivity contribution in [2.45, 2.75) is 39.0 Å². The van der Waals surface area contributed by atoms with Crippen molar-refractivity contribution in [3.8, 4) is 0 Å². The minimum atomic E-state index is 0.664. The zero-order valence-electron chi connectivity index (χ0n) is 9.89. The van der Waals surface area contributed by atoms with E-state index in [1.807, 2.05) is 0 Å². The van der Waals surface area contributed by atoms with E-state index in [9.17, 15) is 0 Å². The fourth-order valence-corrected chi connectivity index (χ4v) is 3.46. The van der Waals surface area contributed by atoms with Crippen molar-refractivity contribution in [2.75, 3.05) is 0 Å². The third-order valence-electron chi connectivity index (χ3n) is 4.29. The molecule has 2 saturated carbocycles. The first-order valence-electron chi connectivity index (χ1n) is 6.12. The van der Waals surface area contributed by atoms with E-state index < -0.39 is 0 Å². The van der Waals surface area contributed by atoms with Gasteiger partial charge in [-0.15, -0.1) is 0 Å². The Morgan fingerprint density at radius 3 is 2.53 bits per heavy atom. The molecular formula is C15H22. The van der Waals surface area contributed by atoms with Crippen LogP contribution in [0.15, 0.2) is 36.5 Å². The Bertz CT molecular complexity index is 308. The zero-order valence-corrected chi connectivity index (χ0v) is 9.89. The van der Waals surface area contributed by atoms with Crippen LogP contribution in [-0.4, -0.2) is 0 Å².